The Kier molecular flexibility index (Phi) is 47.7. The van der Waals surface area contributed by atoms with Crippen molar-refractivity contribution < 1.29 is 96.3 Å². The van der Waals surface area contributed by atoms with Crippen LogP contribution in [0.5, 0.6) is 0 Å². The quantitative estimate of drug-likeness (QED) is 0.0331. The first kappa shape index (κ1) is 131. The average Bonchev–Trinajstić information content (AvgIpc) is 0.855. The summed E-state index contributed by atoms with van der Waals surface area (Å²) in [5.74, 6) is 7.25. The molecule has 7 unspecified atom stereocenters. The normalized spacial score (nSPS) is 35.8. The Bertz CT molecular complexity index is 3630. The van der Waals surface area contributed by atoms with Crippen LogP contribution in [0.2, 0.25) is 0 Å². The molecule has 135 heavy (non-hydrogen) atoms. The molecule has 20 bridgehead atoms. The third-order valence-corrected chi connectivity index (χ3v) is 36.1. The van der Waals surface area contributed by atoms with Crippen LogP contribution in [0.4, 0.5) is 0 Å². The third-order valence-electron chi connectivity index (χ3n) is 36.1. The first-order valence-electron chi connectivity index (χ1n) is 49.8. The van der Waals surface area contributed by atoms with Gasteiger partial charge in [0.15, 0.2) is 6.79 Å². The number of aliphatic hydroxyl groups is 3. The molecule has 0 aromatic rings. The van der Waals surface area contributed by atoms with Gasteiger partial charge < -0.3 is 58.0 Å². The van der Waals surface area contributed by atoms with Crippen LogP contribution in [0.3, 0.4) is 0 Å². The highest BCUT2D eigenvalue weighted by molar-refractivity contribution is 5.83. The number of carbonyl (C=O) groups excluding carboxylic acids is 8. The van der Waals surface area contributed by atoms with Crippen molar-refractivity contribution in [2.75, 3.05) is 20.0 Å². The molecule has 1 saturated heterocycles. The van der Waals surface area contributed by atoms with E-state index in [1.807, 2.05) is 104 Å². The second-order valence-electron chi connectivity index (χ2n) is 48.5. The second kappa shape index (κ2) is 49.3. The molecule has 0 radical (unpaired) electrons. The van der Waals surface area contributed by atoms with E-state index in [2.05, 4.69) is 20.8 Å². The molecule has 7 atom stereocenters. The van der Waals surface area contributed by atoms with Crippen molar-refractivity contribution in [3.05, 3.63) is 0 Å². The van der Waals surface area contributed by atoms with E-state index in [0.717, 1.165) is 171 Å². The molecular formula is C115H216O20. The van der Waals surface area contributed by atoms with E-state index in [1.54, 1.807) is 13.8 Å². The molecule has 0 aromatic heterocycles. The SMILES string of the molecule is C.C.C.C.C.C.C.C.C.C.C.C.CCC(C)(C)C(=O)OC1(CC)C2CC3CC(C2)CC1C3.CCC(C)(C)C(=O)OC12CC3CC(CC(O)(C3)C1)C2.CCC(C)(C)C(=O)OC12CC3CC(O)(CC(O)(C3)C1)C2.CCC(C)(C)C(=O)OC1C2CC3CC1CC(C(=O)OCOCC14CC5CC(CC(C5)C1)C4)(C3)C2.CCC(C)(C)C(=O)OC1CCOC1=O.CCC1(OC(=O)C(C)(C)CC)CCCCC1. The Morgan fingerprint density at radius 1 is 0.363 bits per heavy atom. The molecule has 3 N–H and O–H groups in total. The lowest BCUT2D eigenvalue weighted by atomic mass is 9.48. The zero-order chi connectivity index (χ0) is 90.0. The van der Waals surface area contributed by atoms with Crippen molar-refractivity contribution in [1.82, 2.24) is 0 Å². The maximum atomic E-state index is 13.3. The van der Waals surface area contributed by atoms with E-state index in [-0.39, 0.29) is 183 Å². The lowest BCUT2D eigenvalue weighted by Gasteiger charge is -2.62. The van der Waals surface area contributed by atoms with Crippen molar-refractivity contribution >= 4 is 47.8 Å². The van der Waals surface area contributed by atoms with Crippen molar-refractivity contribution in [3.8, 4) is 0 Å². The summed E-state index contributed by atoms with van der Waals surface area (Å²) in [5, 5.41) is 32.0. The minimum atomic E-state index is -0.842. The molecule has 0 spiro atoms. The molecule has 1 heterocycles. The van der Waals surface area contributed by atoms with Crippen molar-refractivity contribution in [1.29, 1.82) is 0 Å². The first-order valence-corrected chi connectivity index (χ1v) is 49.8. The molecule has 20 heteroatoms. The molecule has 21 aliphatic carbocycles. The molecule has 1 aliphatic heterocycles. The largest absolute Gasteiger partial charge is 0.463 e. The predicted octanol–water partition coefficient (Wildman–Crippen LogP) is 28.7. The van der Waals surface area contributed by atoms with E-state index in [0.29, 0.717) is 92.0 Å². The lowest BCUT2D eigenvalue weighted by Crippen LogP contribution is -2.67. The number of cyclic esters (lactones) is 1. The third kappa shape index (κ3) is 28.8. The Morgan fingerprint density at radius 2 is 0.726 bits per heavy atom. The zero-order valence-electron chi connectivity index (χ0n) is 80.3. The van der Waals surface area contributed by atoms with Gasteiger partial charge in [0.25, 0.3) is 0 Å². The Hall–Kier alpha value is -4.40. The van der Waals surface area contributed by atoms with Gasteiger partial charge in [0.2, 0.25) is 6.10 Å². The highest BCUT2D eigenvalue weighted by atomic mass is 16.7. The van der Waals surface area contributed by atoms with Gasteiger partial charge in [0, 0.05) is 32.1 Å². The molecule has 796 valence electrons. The summed E-state index contributed by atoms with van der Waals surface area (Å²) >= 11 is 0. The predicted molar refractivity (Wildman–Crippen MR) is 551 cm³/mol. The summed E-state index contributed by atoms with van der Waals surface area (Å²) in [7, 11) is 0. The first-order chi connectivity index (χ1) is 57.4. The number of carbonyl (C=O) groups is 8. The van der Waals surface area contributed by atoms with Crippen LogP contribution in [0.15, 0.2) is 0 Å². The van der Waals surface area contributed by atoms with Gasteiger partial charge in [-0.2, -0.15) is 0 Å². The van der Waals surface area contributed by atoms with Crippen LogP contribution >= 0.6 is 0 Å². The maximum Gasteiger partial charge on any atom is 0.347 e. The van der Waals surface area contributed by atoms with Crippen LogP contribution in [0, 0.1) is 120 Å². The van der Waals surface area contributed by atoms with Crippen LogP contribution in [0.25, 0.3) is 0 Å². The van der Waals surface area contributed by atoms with Crippen LogP contribution in [-0.4, -0.2) is 134 Å². The smallest absolute Gasteiger partial charge is 0.347 e. The standard InChI is InChI=1S/C29H44O5.C18H30O2.C16H26O4.C16H26O3.C14H26O2.C10H16O4.12CH4/c1-4-27(2,3)25(30)34-24-22-8-21-9-23(24)15-29(13-21,14-22)26(31)33-17-32-16-28-10-18-5-19(11-28)7-20(6-18)12-28;1-5-17(3,4)16(19)20-18(6-2)14-8-12-7-13(10-14)11-15(18)9-12;1-4-13(2,3)12(17)20-16-7-11-5-14(18,9-16)8-15(19,6-11)10-16;1-4-14(2,3)13(17)19-16-8-11-5-12(9-16)7-15(18,6-11)10-16;1-5-13(3,4)12(15)16-14(6-2)10-8-7-9-11-14;1-4-10(2,3)9(12)14-7-5-6-13-8(7)11;;;;;;;;;;;;/h18-24H,4-17H2,1-3H3;12-15H,5-11H2,1-4H3;11,18-19H,4-10H2,1-3H3;11-12,18H,4-10H2,1-3H3;5-11H2,1-4H3;7H,4-6H2,1-3H3;12*1H4. The summed E-state index contributed by atoms with van der Waals surface area (Å²) in [5.41, 5.74) is -6.11. The van der Waals surface area contributed by atoms with Crippen LogP contribution in [-0.2, 0) is 81.0 Å². The fourth-order valence-electron chi connectivity index (χ4n) is 27.9. The number of ether oxygens (including phenoxy) is 9. The Balaban J connectivity index is 0.00000161. The van der Waals surface area contributed by atoms with Gasteiger partial charge in [0.1, 0.15) is 28.5 Å². The molecule has 21 saturated carbocycles. The molecule has 22 aliphatic rings. The molecule has 20 nitrogen and oxygen atoms in total. The number of rotatable bonds is 25. The van der Waals surface area contributed by atoms with Crippen LogP contribution < -0.4 is 0 Å². The molecule has 0 aromatic carbocycles. The topological polar surface area (TPSA) is 280 Å². The maximum absolute atomic E-state index is 13.3. The number of hydrogen-bond acceptors (Lipinski definition) is 20. The number of esters is 8. The average molecular weight is 1920 g/mol. The van der Waals surface area contributed by atoms with Crippen molar-refractivity contribution in [2.24, 2.45) is 120 Å². The van der Waals surface area contributed by atoms with Gasteiger partial charge in [-0.15, -0.1) is 0 Å². The van der Waals surface area contributed by atoms with E-state index in [4.69, 9.17) is 42.6 Å². The number of hydrogen-bond donors (Lipinski definition) is 3. The van der Waals surface area contributed by atoms with Gasteiger partial charge in [-0.1, -0.05) is 151 Å². The fraction of sp³-hybridized carbons (Fsp3) is 0.930. The van der Waals surface area contributed by atoms with Gasteiger partial charge in [-0.25, -0.2) is 4.79 Å². The highest BCUT2D eigenvalue weighted by Gasteiger charge is 2.67. The Labute approximate surface area is 828 Å². The van der Waals surface area contributed by atoms with Crippen molar-refractivity contribution in [3.63, 3.8) is 0 Å². The second-order valence-corrected chi connectivity index (χ2v) is 48.5. The molecular weight excluding hydrogens is 1700 g/mol. The fourth-order valence-corrected chi connectivity index (χ4v) is 27.9. The molecule has 0 amide bonds. The van der Waals surface area contributed by atoms with Gasteiger partial charge in [0.05, 0.1) is 67.9 Å². The summed E-state index contributed by atoms with van der Waals surface area (Å²) < 4.78 is 51.7. The van der Waals surface area contributed by atoms with Crippen molar-refractivity contribution in [2.45, 2.75) is 549 Å². The monoisotopic (exact) mass is 1920 g/mol. The lowest BCUT2D eigenvalue weighted by molar-refractivity contribution is -0.264. The van der Waals surface area contributed by atoms with Gasteiger partial charge in [-0.3, -0.25) is 33.6 Å². The summed E-state index contributed by atoms with van der Waals surface area (Å²) in [6.07, 6.45) is 41.2. The minimum Gasteiger partial charge on any atom is -0.463 e. The summed E-state index contributed by atoms with van der Waals surface area (Å²) in [6, 6.07) is 0. The minimum absolute atomic E-state index is 0. The van der Waals surface area contributed by atoms with E-state index in [9.17, 15) is 53.7 Å². The molecule has 22 rings (SSSR count). The van der Waals surface area contributed by atoms with Gasteiger partial charge in [-0.05, 0) is 397 Å². The van der Waals surface area contributed by atoms with E-state index < -0.39 is 56.1 Å². The summed E-state index contributed by atoms with van der Waals surface area (Å²) in [6.45, 7) is 40.8. The van der Waals surface area contributed by atoms with Gasteiger partial charge >= 0.3 is 47.8 Å². The zero-order valence-corrected chi connectivity index (χ0v) is 80.3. The Morgan fingerprint density at radius 3 is 1.12 bits per heavy atom. The van der Waals surface area contributed by atoms with E-state index in [1.165, 1.54) is 96.3 Å². The van der Waals surface area contributed by atoms with Crippen LogP contribution in [0.1, 0.15) is 497 Å². The van der Waals surface area contributed by atoms with E-state index >= 15 is 0 Å². The highest BCUT2D eigenvalue weighted by Crippen LogP contribution is 2.66. The summed E-state index contributed by atoms with van der Waals surface area (Å²) in [4.78, 5) is 98.2. The molecule has 22 fully saturated rings.